The van der Waals surface area contributed by atoms with Crippen LogP contribution in [0.2, 0.25) is 0 Å². The molecule has 2 amide bonds. The molecular formula is C19H22N4O2. The van der Waals surface area contributed by atoms with Crippen LogP contribution in [-0.2, 0) is 22.6 Å². The summed E-state index contributed by atoms with van der Waals surface area (Å²) in [5, 5.41) is 6.71. The summed E-state index contributed by atoms with van der Waals surface area (Å²) < 4.78 is 0. The van der Waals surface area contributed by atoms with E-state index < -0.39 is 5.91 Å². The molecule has 25 heavy (non-hydrogen) atoms. The van der Waals surface area contributed by atoms with Gasteiger partial charge in [-0.3, -0.25) is 14.6 Å². The Hall–Kier alpha value is -3.02. The summed E-state index contributed by atoms with van der Waals surface area (Å²) in [7, 11) is 0. The second kappa shape index (κ2) is 9.97. The topological polar surface area (TPSA) is 83.5 Å². The third kappa shape index (κ3) is 7.39. The lowest BCUT2D eigenvalue weighted by atomic mass is 10.1. The third-order valence-corrected chi connectivity index (χ3v) is 3.52. The fraction of sp³-hybridized carbons (Fsp3) is 0.263. The first-order valence-corrected chi connectivity index (χ1v) is 8.15. The zero-order valence-corrected chi connectivity index (χ0v) is 14.2. The maximum Gasteiger partial charge on any atom is 0.249 e. The van der Waals surface area contributed by atoms with Gasteiger partial charge in [-0.1, -0.05) is 36.4 Å². The Morgan fingerprint density at radius 1 is 1.04 bits per heavy atom. The predicted octanol–water partition coefficient (Wildman–Crippen LogP) is 2.21. The minimum Gasteiger partial charge on any atom is -0.352 e. The van der Waals surface area contributed by atoms with E-state index in [9.17, 15) is 9.59 Å². The van der Waals surface area contributed by atoms with Gasteiger partial charge >= 0.3 is 0 Å². The summed E-state index contributed by atoms with van der Waals surface area (Å²) in [6.07, 6.45) is 4.68. The molecule has 0 saturated carbocycles. The van der Waals surface area contributed by atoms with Gasteiger partial charge < -0.3 is 5.32 Å². The molecule has 1 heterocycles. The molecule has 0 atom stereocenters. The van der Waals surface area contributed by atoms with Gasteiger partial charge in [-0.25, -0.2) is 5.43 Å². The highest BCUT2D eigenvalue weighted by atomic mass is 16.2. The van der Waals surface area contributed by atoms with E-state index in [1.807, 2.05) is 31.2 Å². The van der Waals surface area contributed by atoms with Crippen LogP contribution in [0.3, 0.4) is 0 Å². The first kappa shape index (κ1) is 18.3. The number of nitrogens with zero attached hydrogens (tertiary/aromatic N) is 2. The number of benzene rings is 1. The van der Waals surface area contributed by atoms with Crippen molar-refractivity contribution in [1.82, 2.24) is 15.7 Å². The van der Waals surface area contributed by atoms with Crippen LogP contribution in [0.25, 0.3) is 0 Å². The van der Waals surface area contributed by atoms with Crippen molar-refractivity contribution in [2.75, 3.05) is 0 Å². The fourth-order valence-corrected chi connectivity index (χ4v) is 2.13. The van der Waals surface area contributed by atoms with Crippen LogP contribution in [0, 0.1) is 0 Å². The van der Waals surface area contributed by atoms with E-state index >= 15 is 0 Å². The van der Waals surface area contributed by atoms with Crippen molar-refractivity contribution in [3.8, 4) is 0 Å². The van der Waals surface area contributed by atoms with Gasteiger partial charge in [0.1, 0.15) is 6.42 Å². The second-order valence-corrected chi connectivity index (χ2v) is 5.68. The Kier molecular flexibility index (Phi) is 7.31. The van der Waals surface area contributed by atoms with Crippen molar-refractivity contribution in [1.29, 1.82) is 0 Å². The Bertz CT molecular complexity index is 715. The number of rotatable bonds is 8. The van der Waals surface area contributed by atoms with E-state index in [4.69, 9.17) is 0 Å². The first-order chi connectivity index (χ1) is 12.1. The molecule has 0 aliphatic carbocycles. The second-order valence-electron chi connectivity index (χ2n) is 5.68. The SMILES string of the molecule is C/C(CCc1ccccc1)=N\NC(=O)CC(=O)NCc1cccnc1. The molecule has 6 nitrogen and oxygen atoms in total. The smallest absolute Gasteiger partial charge is 0.249 e. The number of pyridine rings is 1. The molecule has 0 aliphatic rings. The van der Waals surface area contributed by atoms with Crippen molar-refractivity contribution in [2.45, 2.75) is 32.7 Å². The van der Waals surface area contributed by atoms with Crippen LogP contribution >= 0.6 is 0 Å². The number of aromatic nitrogens is 1. The highest BCUT2D eigenvalue weighted by Crippen LogP contribution is 2.03. The molecule has 1 aromatic carbocycles. The van der Waals surface area contributed by atoms with E-state index in [0.717, 1.165) is 24.1 Å². The largest absolute Gasteiger partial charge is 0.352 e. The standard InChI is InChI=1S/C19H22N4O2/c1-15(9-10-16-6-3-2-4-7-16)22-23-19(25)12-18(24)21-14-17-8-5-11-20-13-17/h2-8,11,13H,9-10,12,14H2,1H3,(H,21,24)(H,23,25)/b22-15+. The monoisotopic (exact) mass is 338 g/mol. The highest BCUT2D eigenvalue weighted by molar-refractivity contribution is 5.97. The minimum atomic E-state index is -0.428. The zero-order chi connectivity index (χ0) is 17.9. The molecular weight excluding hydrogens is 316 g/mol. The lowest BCUT2D eigenvalue weighted by Gasteiger charge is -2.05. The average Bonchev–Trinajstić information content (AvgIpc) is 2.65. The molecule has 0 radical (unpaired) electrons. The molecule has 2 rings (SSSR count). The molecule has 0 spiro atoms. The molecule has 0 aliphatic heterocycles. The predicted molar refractivity (Wildman–Crippen MR) is 96.7 cm³/mol. The molecule has 0 bridgehead atoms. The highest BCUT2D eigenvalue weighted by Gasteiger charge is 2.08. The average molecular weight is 338 g/mol. The van der Waals surface area contributed by atoms with Gasteiger partial charge in [0.25, 0.3) is 0 Å². The first-order valence-electron chi connectivity index (χ1n) is 8.15. The van der Waals surface area contributed by atoms with Crippen molar-refractivity contribution >= 4 is 17.5 Å². The Morgan fingerprint density at radius 3 is 2.52 bits per heavy atom. The minimum absolute atomic E-state index is 0.254. The number of carbonyl (C=O) groups is 2. The van der Waals surface area contributed by atoms with Crippen molar-refractivity contribution in [3.63, 3.8) is 0 Å². The molecule has 130 valence electrons. The Labute approximate surface area is 147 Å². The summed E-state index contributed by atoms with van der Waals surface area (Å²) >= 11 is 0. The quantitative estimate of drug-likeness (QED) is 0.440. The molecule has 2 aromatic rings. The molecule has 1 aromatic heterocycles. The third-order valence-electron chi connectivity index (χ3n) is 3.52. The van der Waals surface area contributed by atoms with Gasteiger partial charge in [-0.2, -0.15) is 5.10 Å². The number of carbonyl (C=O) groups excluding carboxylic acids is 2. The van der Waals surface area contributed by atoms with Crippen LogP contribution in [0.15, 0.2) is 60.0 Å². The van der Waals surface area contributed by atoms with Gasteiger partial charge in [0.2, 0.25) is 11.8 Å². The van der Waals surface area contributed by atoms with Crippen molar-refractivity contribution in [3.05, 3.63) is 66.0 Å². The normalized spacial score (nSPS) is 11.0. The van der Waals surface area contributed by atoms with Crippen molar-refractivity contribution < 1.29 is 9.59 Å². The van der Waals surface area contributed by atoms with Gasteiger partial charge in [0, 0.05) is 24.7 Å². The van der Waals surface area contributed by atoms with E-state index in [0.29, 0.717) is 6.54 Å². The van der Waals surface area contributed by atoms with Gasteiger partial charge in [0.15, 0.2) is 0 Å². The van der Waals surface area contributed by atoms with Crippen LogP contribution in [0.4, 0.5) is 0 Å². The molecule has 6 heteroatoms. The summed E-state index contributed by atoms with van der Waals surface area (Å²) in [4.78, 5) is 27.5. The summed E-state index contributed by atoms with van der Waals surface area (Å²) in [5.41, 5.74) is 5.34. The van der Waals surface area contributed by atoms with Crippen LogP contribution in [0.1, 0.15) is 30.9 Å². The van der Waals surface area contributed by atoms with Gasteiger partial charge in [-0.15, -0.1) is 0 Å². The maximum atomic E-state index is 11.8. The Morgan fingerprint density at radius 2 is 1.80 bits per heavy atom. The molecule has 2 N–H and O–H groups in total. The number of hydrazone groups is 1. The number of amides is 2. The molecule has 0 saturated heterocycles. The van der Waals surface area contributed by atoms with E-state index in [1.54, 1.807) is 18.5 Å². The van der Waals surface area contributed by atoms with Gasteiger partial charge in [-0.05, 0) is 37.0 Å². The Balaban J connectivity index is 1.67. The van der Waals surface area contributed by atoms with E-state index in [-0.39, 0.29) is 12.3 Å². The van der Waals surface area contributed by atoms with E-state index in [2.05, 4.69) is 33.0 Å². The van der Waals surface area contributed by atoms with E-state index in [1.165, 1.54) is 5.56 Å². The number of hydrogen-bond acceptors (Lipinski definition) is 4. The lowest BCUT2D eigenvalue weighted by molar-refractivity contribution is -0.129. The summed E-state index contributed by atoms with van der Waals surface area (Å²) in [5.74, 6) is -0.777. The number of nitrogens with one attached hydrogen (secondary N) is 2. The van der Waals surface area contributed by atoms with Crippen LogP contribution < -0.4 is 10.7 Å². The van der Waals surface area contributed by atoms with Gasteiger partial charge in [0.05, 0.1) is 0 Å². The number of aryl methyl sites for hydroxylation is 1. The number of hydrogen-bond donors (Lipinski definition) is 2. The zero-order valence-electron chi connectivity index (χ0n) is 14.2. The molecule has 0 unspecified atom stereocenters. The fourth-order valence-electron chi connectivity index (χ4n) is 2.13. The lowest BCUT2D eigenvalue weighted by Crippen LogP contribution is -2.30. The molecule has 0 fully saturated rings. The summed E-state index contributed by atoms with van der Waals surface area (Å²) in [6.45, 7) is 2.20. The van der Waals surface area contributed by atoms with Crippen LogP contribution in [-0.4, -0.2) is 22.5 Å². The summed E-state index contributed by atoms with van der Waals surface area (Å²) in [6, 6.07) is 13.7. The maximum absolute atomic E-state index is 11.8. The van der Waals surface area contributed by atoms with Crippen molar-refractivity contribution in [2.24, 2.45) is 5.10 Å². The van der Waals surface area contributed by atoms with Crippen LogP contribution in [0.5, 0.6) is 0 Å².